The first-order chi connectivity index (χ1) is 8.88. The summed E-state index contributed by atoms with van der Waals surface area (Å²) in [5, 5.41) is 2.77. The Hall–Kier alpha value is -1.05. The molecule has 1 amide bonds. The van der Waals surface area contributed by atoms with Gasteiger partial charge in [-0.1, -0.05) is 0 Å². The minimum absolute atomic E-state index is 0.0778. The minimum Gasteiger partial charge on any atom is -0.381 e. The summed E-state index contributed by atoms with van der Waals surface area (Å²) in [7, 11) is 3.02. The number of amides is 1. The highest BCUT2D eigenvalue weighted by Gasteiger charge is 2.20. The van der Waals surface area contributed by atoms with E-state index in [0.29, 0.717) is 19.1 Å². The van der Waals surface area contributed by atoms with E-state index in [1.165, 1.54) is 16.8 Å². The lowest BCUT2D eigenvalue weighted by molar-refractivity contribution is 0.0937. The second-order valence-corrected chi connectivity index (χ2v) is 7.12. The van der Waals surface area contributed by atoms with Gasteiger partial charge in [0.2, 0.25) is 0 Å². The lowest BCUT2D eigenvalue weighted by atomic mass is 10.1. The van der Waals surface area contributed by atoms with Crippen LogP contribution in [0.25, 0.3) is 0 Å². The van der Waals surface area contributed by atoms with Gasteiger partial charge >= 0.3 is 0 Å². The molecule has 0 spiro atoms. The molecular formula is C11H15ClN2O4S. The van der Waals surface area contributed by atoms with Crippen LogP contribution in [0.4, 0.5) is 0 Å². The fourth-order valence-corrected chi connectivity index (χ4v) is 2.75. The summed E-state index contributed by atoms with van der Waals surface area (Å²) in [5.41, 5.74) is 0.262. The fraction of sp³-hybridized carbons (Fsp3) is 0.545. The molecule has 1 N–H and O–H groups in total. The van der Waals surface area contributed by atoms with Crippen LogP contribution < -0.4 is 5.32 Å². The highest BCUT2D eigenvalue weighted by molar-refractivity contribution is 8.13. The molecule has 1 saturated heterocycles. The van der Waals surface area contributed by atoms with E-state index >= 15 is 0 Å². The average Bonchev–Trinajstić information content (AvgIpc) is 2.93. The number of nitrogens with zero attached hydrogens (tertiary/aromatic N) is 1. The van der Waals surface area contributed by atoms with Crippen molar-refractivity contribution in [1.29, 1.82) is 0 Å². The molecule has 1 aliphatic rings. The third-order valence-electron chi connectivity index (χ3n) is 3.07. The van der Waals surface area contributed by atoms with E-state index in [1.807, 2.05) is 0 Å². The van der Waals surface area contributed by atoms with Gasteiger partial charge in [0.05, 0.1) is 6.61 Å². The fourth-order valence-electron chi connectivity index (χ4n) is 1.97. The largest absolute Gasteiger partial charge is 0.381 e. The van der Waals surface area contributed by atoms with Crippen LogP contribution in [0.15, 0.2) is 17.2 Å². The van der Waals surface area contributed by atoms with Gasteiger partial charge in [-0.05, 0) is 12.5 Å². The SMILES string of the molecule is Cn1cc(S(=O)(=O)Cl)cc1C(=O)NCC1CCOC1. The molecule has 2 rings (SSSR count). The molecule has 8 heteroatoms. The quantitative estimate of drug-likeness (QED) is 0.832. The number of ether oxygens (including phenoxy) is 1. The van der Waals surface area contributed by atoms with Crippen LogP contribution >= 0.6 is 10.7 Å². The van der Waals surface area contributed by atoms with E-state index in [9.17, 15) is 13.2 Å². The number of halogens is 1. The predicted octanol–water partition coefficient (Wildman–Crippen LogP) is 0.719. The summed E-state index contributed by atoms with van der Waals surface area (Å²) >= 11 is 0. The maximum atomic E-state index is 12.0. The summed E-state index contributed by atoms with van der Waals surface area (Å²) in [6.45, 7) is 1.89. The van der Waals surface area contributed by atoms with E-state index < -0.39 is 9.05 Å². The normalized spacial score (nSPS) is 19.6. The molecule has 1 aromatic heterocycles. The number of hydrogen-bond acceptors (Lipinski definition) is 4. The Kier molecular flexibility index (Phi) is 4.17. The number of nitrogens with one attached hydrogen (secondary N) is 1. The van der Waals surface area contributed by atoms with Crippen LogP contribution in [0.3, 0.4) is 0 Å². The minimum atomic E-state index is -3.82. The van der Waals surface area contributed by atoms with Crippen molar-refractivity contribution in [3.8, 4) is 0 Å². The Bertz CT molecular complexity index is 576. The van der Waals surface area contributed by atoms with Crippen molar-refractivity contribution in [1.82, 2.24) is 9.88 Å². The van der Waals surface area contributed by atoms with Gasteiger partial charge in [-0.25, -0.2) is 8.42 Å². The van der Waals surface area contributed by atoms with Gasteiger partial charge in [0, 0.05) is 43.0 Å². The van der Waals surface area contributed by atoms with Gasteiger partial charge < -0.3 is 14.6 Å². The second-order valence-electron chi connectivity index (χ2n) is 4.55. The number of aromatic nitrogens is 1. The van der Waals surface area contributed by atoms with Crippen molar-refractivity contribution in [2.75, 3.05) is 19.8 Å². The van der Waals surface area contributed by atoms with Crippen LogP contribution in [-0.4, -0.2) is 38.7 Å². The highest BCUT2D eigenvalue weighted by Crippen LogP contribution is 2.18. The Balaban J connectivity index is 2.04. The number of aryl methyl sites for hydroxylation is 1. The zero-order valence-electron chi connectivity index (χ0n) is 10.4. The van der Waals surface area contributed by atoms with Crippen molar-refractivity contribution in [3.05, 3.63) is 18.0 Å². The van der Waals surface area contributed by atoms with Crippen molar-refractivity contribution in [2.45, 2.75) is 11.3 Å². The molecule has 1 fully saturated rings. The third-order valence-corrected chi connectivity index (χ3v) is 4.39. The molecule has 19 heavy (non-hydrogen) atoms. The van der Waals surface area contributed by atoms with Crippen LogP contribution in [0.2, 0.25) is 0 Å². The van der Waals surface area contributed by atoms with E-state index in [4.69, 9.17) is 15.4 Å². The molecule has 0 aliphatic carbocycles. The van der Waals surface area contributed by atoms with E-state index in [-0.39, 0.29) is 16.5 Å². The summed E-state index contributed by atoms with van der Waals surface area (Å²) in [5.74, 6) is 0.00131. The maximum Gasteiger partial charge on any atom is 0.267 e. The van der Waals surface area contributed by atoms with Crippen molar-refractivity contribution in [3.63, 3.8) is 0 Å². The third kappa shape index (κ3) is 3.49. The predicted molar refractivity (Wildman–Crippen MR) is 69.7 cm³/mol. The number of rotatable bonds is 4. The first-order valence-electron chi connectivity index (χ1n) is 5.85. The molecule has 1 aliphatic heterocycles. The Morgan fingerprint density at radius 1 is 1.63 bits per heavy atom. The van der Waals surface area contributed by atoms with Gasteiger partial charge in [0.15, 0.2) is 0 Å². The molecule has 1 unspecified atom stereocenters. The molecule has 2 heterocycles. The summed E-state index contributed by atoms with van der Waals surface area (Å²) in [4.78, 5) is 11.9. The van der Waals surface area contributed by atoms with Crippen molar-refractivity contribution >= 4 is 25.6 Å². The van der Waals surface area contributed by atoms with Crippen molar-refractivity contribution < 1.29 is 17.9 Å². The Labute approximate surface area is 116 Å². The first kappa shape index (κ1) is 14.4. The van der Waals surface area contributed by atoms with E-state index in [1.54, 1.807) is 7.05 Å². The molecule has 1 atom stereocenters. The zero-order valence-corrected chi connectivity index (χ0v) is 12.0. The molecule has 106 valence electrons. The lowest BCUT2D eigenvalue weighted by Crippen LogP contribution is -2.30. The molecule has 6 nitrogen and oxygen atoms in total. The molecule has 0 aromatic carbocycles. The first-order valence-corrected chi connectivity index (χ1v) is 8.16. The lowest BCUT2D eigenvalue weighted by Gasteiger charge is -2.09. The average molecular weight is 307 g/mol. The Morgan fingerprint density at radius 3 is 2.89 bits per heavy atom. The molecule has 0 bridgehead atoms. The van der Waals surface area contributed by atoms with Crippen LogP contribution in [0, 0.1) is 5.92 Å². The summed E-state index contributed by atoms with van der Waals surface area (Å²) in [6, 6.07) is 1.27. The molecule has 0 saturated carbocycles. The van der Waals surface area contributed by atoms with E-state index in [0.717, 1.165) is 13.0 Å². The van der Waals surface area contributed by atoms with Crippen LogP contribution in [0.5, 0.6) is 0 Å². The van der Waals surface area contributed by atoms with Crippen molar-refractivity contribution in [2.24, 2.45) is 13.0 Å². The topological polar surface area (TPSA) is 77.4 Å². The monoisotopic (exact) mass is 306 g/mol. The van der Waals surface area contributed by atoms with Gasteiger partial charge in [0.25, 0.3) is 15.0 Å². The van der Waals surface area contributed by atoms with E-state index in [2.05, 4.69) is 5.32 Å². The summed E-state index contributed by atoms with van der Waals surface area (Å²) < 4.78 is 29.0. The van der Waals surface area contributed by atoms with Crippen LogP contribution in [0.1, 0.15) is 16.9 Å². The Morgan fingerprint density at radius 2 is 2.37 bits per heavy atom. The van der Waals surface area contributed by atoms with Gasteiger partial charge in [-0.15, -0.1) is 0 Å². The zero-order chi connectivity index (χ0) is 14.0. The molecule has 0 radical (unpaired) electrons. The highest BCUT2D eigenvalue weighted by atomic mass is 35.7. The van der Waals surface area contributed by atoms with Gasteiger partial charge in [0.1, 0.15) is 10.6 Å². The number of carbonyl (C=O) groups is 1. The standard InChI is InChI=1S/C11H15ClN2O4S/c1-14-6-9(19(12,16)17)4-10(14)11(15)13-5-8-2-3-18-7-8/h4,6,8H,2-3,5,7H2,1H3,(H,13,15). The van der Waals surface area contributed by atoms with Gasteiger partial charge in [-0.3, -0.25) is 4.79 Å². The van der Waals surface area contributed by atoms with Gasteiger partial charge in [-0.2, -0.15) is 0 Å². The molecular weight excluding hydrogens is 292 g/mol. The second kappa shape index (κ2) is 5.52. The summed E-state index contributed by atoms with van der Waals surface area (Å²) in [6.07, 6.45) is 2.24. The maximum absolute atomic E-state index is 12.0. The molecule has 1 aromatic rings. The number of carbonyl (C=O) groups excluding carboxylic acids is 1. The van der Waals surface area contributed by atoms with Crippen LogP contribution in [-0.2, 0) is 20.8 Å². The number of hydrogen-bond donors (Lipinski definition) is 1. The smallest absolute Gasteiger partial charge is 0.267 e.